The van der Waals surface area contributed by atoms with Gasteiger partial charge < -0.3 is 65.1 Å². The molecule has 2 aliphatic heterocycles. The first-order valence-corrected chi connectivity index (χ1v) is 25.6. The van der Waals surface area contributed by atoms with Crippen molar-refractivity contribution in [3.8, 4) is 0 Å². The van der Waals surface area contributed by atoms with Crippen LogP contribution in [-0.4, -0.2) is 140 Å². The number of ether oxygens (including phenoxy) is 4. The van der Waals surface area contributed by atoms with Crippen LogP contribution in [0.1, 0.15) is 136 Å². The SMILES string of the molecule is CC/C=C\C/C=C\C/C=C\C/C=C\C/C=C\C/C=C\C/C=C\C/C=C\C/C=C\CCCCCC(=O)NC(COC1OC(CO)C(OC2OC(CO)C(O)C(O)C2O)C(O)C1O)C(O)CCCCCC. The first-order valence-electron chi connectivity index (χ1n) is 25.6. The summed E-state index contributed by atoms with van der Waals surface area (Å²) in [6.45, 7) is 2.54. The van der Waals surface area contributed by atoms with Gasteiger partial charge in [-0.05, 0) is 83.5 Å². The van der Waals surface area contributed by atoms with Gasteiger partial charge in [0.2, 0.25) is 5.91 Å². The molecular weight excluding hydrogens is 883 g/mol. The molecular formula is C55H89NO13. The molecule has 12 atom stereocenters. The van der Waals surface area contributed by atoms with Crippen LogP contribution in [0.15, 0.2) is 109 Å². The van der Waals surface area contributed by atoms with Crippen LogP contribution in [0.5, 0.6) is 0 Å². The summed E-state index contributed by atoms with van der Waals surface area (Å²) in [5.74, 6) is -0.255. The Balaban J connectivity index is 1.65. The van der Waals surface area contributed by atoms with Crippen molar-refractivity contribution in [2.24, 2.45) is 0 Å². The van der Waals surface area contributed by atoms with E-state index >= 15 is 0 Å². The Hall–Kier alpha value is -3.35. The highest BCUT2D eigenvalue weighted by atomic mass is 16.7. The zero-order valence-electron chi connectivity index (χ0n) is 41.5. The number of aliphatic hydroxyl groups is 8. The van der Waals surface area contributed by atoms with Crippen LogP contribution in [0.3, 0.4) is 0 Å². The molecule has 2 heterocycles. The van der Waals surface area contributed by atoms with Gasteiger partial charge in [0.25, 0.3) is 0 Å². The molecule has 2 fully saturated rings. The average Bonchev–Trinajstić information content (AvgIpc) is 3.35. The Morgan fingerprint density at radius 3 is 1.49 bits per heavy atom. The number of allylic oxidation sites excluding steroid dienone is 18. The Labute approximate surface area is 413 Å². The molecule has 0 spiro atoms. The third-order valence-electron chi connectivity index (χ3n) is 11.8. The molecule has 0 aromatic rings. The first kappa shape index (κ1) is 61.8. The largest absolute Gasteiger partial charge is 0.394 e. The molecule has 2 rings (SSSR count). The fourth-order valence-electron chi connectivity index (χ4n) is 7.58. The van der Waals surface area contributed by atoms with Crippen molar-refractivity contribution in [1.29, 1.82) is 0 Å². The molecule has 392 valence electrons. The van der Waals surface area contributed by atoms with Crippen molar-refractivity contribution in [2.75, 3.05) is 19.8 Å². The normalized spacial score (nSPS) is 27.1. The Morgan fingerprint density at radius 1 is 0.536 bits per heavy atom. The number of hydrogen-bond acceptors (Lipinski definition) is 13. The smallest absolute Gasteiger partial charge is 0.220 e. The van der Waals surface area contributed by atoms with E-state index in [4.69, 9.17) is 18.9 Å². The predicted octanol–water partition coefficient (Wildman–Crippen LogP) is 6.93. The van der Waals surface area contributed by atoms with Crippen LogP contribution < -0.4 is 5.32 Å². The van der Waals surface area contributed by atoms with Crippen molar-refractivity contribution >= 4 is 5.91 Å². The molecule has 14 heteroatoms. The molecule has 0 aromatic heterocycles. The quantitative estimate of drug-likeness (QED) is 0.0228. The average molecular weight is 972 g/mol. The number of aliphatic hydroxyl groups excluding tert-OH is 8. The van der Waals surface area contributed by atoms with Crippen LogP contribution in [0, 0.1) is 0 Å². The second-order valence-electron chi connectivity index (χ2n) is 17.6. The highest BCUT2D eigenvalue weighted by Gasteiger charge is 2.51. The zero-order chi connectivity index (χ0) is 50.3. The van der Waals surface area contributed by atoms with Crippen molar-refractivity contribution < 1.29 is 64.6 Å². The zero-order valence-corrected chi connectivity index (χ0v) is 41.5. The van der Waals surface area contributed by atoms with Gasteiger partial charge in [0.05, 0.1) is 32.0 Å². The van der Waals surface area contributed by atoms with Gasteiger partial charge in [0.1, 0.15) is 48.8 Å². The van der Waals surface area contributed by atoms with E-state index in [1.54, 1.807) is 0 Å². The molecule has 0 bridgehead atoms. The lowest BCUT2D eigenvalue weighted by molar-refractivity contribution is -0.359. The maximum absolute atomic E-state index is 13.0. The van der Waals surface area contributed by atoms with Gasteiger partial charge in [-0.15, -0.1) is 0 Å². The molecule has 9 N–H and O–H groups in total. The van der Waals surface area contributed by atoms with E-state index < -0.39 is 86.8 Å². The number of amides is 1. The van der Waals surface area contributed by atoms with E-state index in [1.165, 1.54) is 0 Å². The minimum Gasteiger partial charge on any atom is -0.394 e. The van der Waals surface area contributed by atoms with Gasteiger partial charge in [-0.1, -0.05) is 155 Å². The summed E-state index contributed by atoms with van der Waals surface area (Å²) < 4.78 is 22.5. The highest BCUT2D eigenvalue weighted by Crippen LogP contribution is 2.30. The number of carbonyl (C=O) groups excluding carboxylic acids is 1. The van der Waals surface area contributed by atoms with Crippen LogP contribution in [-0.2, 0) is 23.7 Å². The lowest BCUT2D eigenvalue weighted by atomic mass is 9.97. The Bertz CT molecular complexity index is 1570. The van der Waals surface area contributed by atoms with Crippen molar-refractivity contribution in [1.82, 2.24) is 5.32 Å². The highest BCUT2D eigenvalue weighted by molar-refractivity contribution is 5.76. The number of carbonyl (C=O) groups is 1. The maximum atomic E-state index is 13.0. The Morgan fingerprint density at radius 2 is 1.00 bits per heavy atom. The summed E-state index contributed by atoms with van der Waals surface area (Å²) in [4.78, 5) is 13.0. The third-order valence-corrected chi connectivity index (χ3v) is 11.8. The van der Waals surface area contributed by atoms with Crippen molar-refractivity contribution in [2.45, 2.75) is 209 Å². The predicted molar refractivity (Wildman–Crippen MR) is 272 cm³/mol. The summed E-state index contributed by atoms with van der Waals surface area (Å²) in [6, 6.07) is -0.850. The summed E-state index contributed by atoms with van der Waals surface area (Å²) in [5, 5.41) is 86.2. The van der Waals surface area contributed by atoms with Crippen LogP contribution >= 0.6 is 0 Å². The van der Waals surface area contributed by atoms with E-state index in [0.717, 1.165) is 103 Å². The summed E-state index contributed by atoms with van der Waals surface area (Å²) in [5.41, 5.74) is 0. The molecule has 0 aromatic carbocycles. The van der Waals surface area contributed by atoms with Gasteiger partial charge >= 0.3 is 0 Å². The number of rotatable bonds is 37. The van der Waals surface area contributed by atoms with Gasteiger partial charge in [0.15, 0.2) is 12.6 Å². The van der Waals surface area contributed by atoms with Gasteiger partial charge in [0, 0.05) is 6.42 Å². The van der Waals surface area contributed by atoms with E-state index in [-0.39, 0.29) is 18.9 Å². The minimum atomic E-state index is -1.79. The van der Waals surface area contributed by atoms with Crippen LogP contribution in [0.4, 0.5) is 0 Å². The van der Waals surface area contributed by atoms with Gasteiger partial charge in [-0.25, -0.2) is 0 Å². The maximum Gasteiger partial charge on any atom is 0.220 e. The summed E-state index contributed by atoms with van der Waals surface area (Å²) in [6.07, 6.45) is 39.0. The molecule has 69 heavy (non-hydrogen) atoms. The molecule has 14 nitrogen and oxygen atoms in total. The second-order valence-corrected chi connectivity index (χ2v) is 17.6. The molecule has 1 amide bonds. The lowest BCUT2D eigenvalue weighted by Gasteiger charge is -2.46. The number of unbranched alkanes of at least 4 members (excludes halogenated alkanes) is 6. The van der Waals surface area contributed by atoms with Gasteiger partial charge in [-0.2, -0.15) is 0 Å². The lowest BCUT2D eigenvalue weighted by Crippen LogP contribution is -2.65. The summed E-state index contributed by atoms with van der Waals surface area (Å²) >= 11 is 0. The van der Waals surface area contributed by atoms with E-state index in [0.29, 0.717) is 12.8 Å². The molecule has 0 radical (unpaired) electrons. The minimum absolute atomic E-state index is 0.254. The third kappa shape index (κ3) is 27.2. The topological polar surface area (TPSA) is 228 Å². The van der Waals surface area contributed by atoms with Crippen LogP contribution in [0.25, 0.3) is 0 Å². The number of nitrogens with one attached hydrogen (secondary N) is 1. The molecule has 12 unspecified atom stereocenters. The van der Waals surface area contributed by atoms with E-state index in [1.807, 2.05) is 0 Å². The van der Waals surface area contributed by atoms with E-state index in [9.17, 15) is 45.6 Å². The molecule has 0 saturated carbocycles. The van der Waals surface area contributed by atoms with Crippen molar-refractivity contribution in [3.05, 3.63) is 109 Å². The number of hydrogen-bond donors (Lipinski definition) is 9. The monoisotopic (exact) mass is 972 g/mol. The first-order chi connectivity index (χ1) is 33.6. The molecule has 2 saturated heterocycles. The summed E-state index contributed by atoms with van der Waals surface area (Å²) in [7, 11) is 0. The standard InChI is InChI=1S/C55H89NO13/c1-3-5-7-9-10-11-12-13-14-15-16-17-18-19-20-21-22-23-24-25-26-27-28-29-30-31-32-33-34-35-37-39-47(60)56-43(44(59)38-36-8-6-4-2)42-66-54-52(65)50(63)53(46(41-58)68-54)69-55-51(64)49(62)48(61)45(40-57)67-55/h5,7,10-11,13-14,16-17,19-20,22-23,25-26,28-29,31-32,43-46,48-55,57-59,61-65H,3-4,6,8-9,12,15,18,21,24,27,30,33-42H2,1-2H3,(H,56,60)/b7-5-,11-10-,14-13-,17-16-,20-19-,23-22-,26-25-,29-28-,32-31-. The fourth-order valence-corrected chi connectivity index (χ4v) is 7.58. The van der Waals surface area contributed by atoms with Crippen molar-refractivity contribution in [3.63, 3.8) is 0 Å². The van der Waals surface area contributed by atoms with Crippen LogP contribution in [0.2, 0.25) is 0 Å². The van der Waals surface area contributed by atoms with Gasteiger partial charge in [-0.3, -0.25) is 4.79 Å². The van der Waals surface area contributed by atoms with E-state index in [2.05, 4.69) is 129 Å². The second kappa shape index (κ2) is 40.3. The fraction of sp³-hybridized carbons (Fsp3) is 0.655. The Kier molecular flexibility index (Phi) is 36.0. The molecule has 2 aliphatic rings. The molecule has 0 aliphatic carbocycles.